The normalized spacial score (nSPS) is 12.0. The molecule has 0 aliphatic rings. The van der Waals surface area contributed by atoms with E-state index in [9.17, 15) is 9.18 Å². The second kappa shape index (κ2) is 6.56. The maximum atomic E-state index is 13.0. The summed E-state index contributed by atoms with van der Waals surface area (Å²) in [7, 11) is 0. The van der Waals surface area contributed by atoms with Crippen molar-refractivity contribution in [3.63, 3.8) is 0 Å². The first-order chi connectivity index (χ1) is 8.08. The van der Waals surface area contributed by atoms with E-state index in [1.54, 1.807) is 0 Å². The van der Waals surface area contributed by atoms with Crippen LogP contribution in [-0.2, 0) is 4.79 Å². The van der Waals surface area contributed by atoms with Gasteiger partial charge < -0.3 is 4.74 Å². The summed E-state index contributed by atoms with van der Waals surface area (Å²) in [5.74, 6) is 4.70. The Kier molecular flexibility index (Phi) is 5.37. The molecule has 0 fully saturated rings. The molecule has 3 N–H and O–H groups in total. The van der Waals surface area contributed by atoms with Gasteiger partial charge in [0.1, 0.15) is 11.6 Å². The second-order valence-electron chi connectivity index (χ2n) is 3.48. The molecule has 0 heterocycles. The van der Waals surface area contributed by atoms with E-state index in [2.05, 4.69) is 15.9 Å². The summed E-state index contributed by atoms with van der Waals surface area (Å²) in [5, 5.41) is 0. The number of rotatable bonds is 5. The quantitative estimate of drug-likeness (QED) is 0.497. The van der Waals surface area contributed by atoms with Crippen molar-refractivity contribution < 1.29 is 13.9 Å². The third kappa shape index (κ3) is 3.98. The number of hydrazine groups is 1. The first-order valence-corrected chi connectivity index (χ1v) is 6.00. The number of hydrogen-bond donors (Lipinski definition) is 2. The molecule has 0 aliphatic carbocycles. The number of halogens is 2. The zero-order valence-electron chi connectivity index (χ0n) is 9.37. The summed E-state index contributed by atoms with van der Waals surface area (Å²) in [4.78, 5) is 11.4. The Labute approximate surface area is 107 Å². The third-order valence-corrected chi connectivity index (χ3v) is 2.76. The van der Waals surface area contributed by atoms with Crippen molar-refractivity contribution in [2.45, 2.75) is 25.9 Å². The zero-order chi connectivity index (χ0) is 12.8. The van der Waals surface area contributed by atoms with Gasteiger partial charge in [0.2, 0.25) is 0 Å². The molecule has 4 nitrogen and oxygen atoms in total. The van der Waals surface area contributed by atoms with Gasteiger partial charge in [-0.05, 0) is 40.5 Å². The average molecular weight is 305 g/mol. The molecule has 0 aromatic heterocycles. The van der Waals surface area contributed by atoms with E-state index in [4.69, 9.17) is 10.6 Å². The number of nitrogens with one attached hydrogen (secondary N) is 1. The van der Waals surface area contributed by atoms with Crippen LogP contribution in [0, 0.1) is 5.82 Å². The molecule has 1 amide bonds. The van der Waals surface area contributed by atoms with E-state index in [-0.39, 0.29) is 5.82 Å². The number of amides is 1. The highest BCUT2D eigenvalue weighted by molar-refractivity contribution is 9.10. The summed E-state index contributed by atoms with van der Waals surface area (Å²) in [5.41, 5.74) is 2.05. The van der Waals surface area contributed by atoms with Gasteiger partial charge in [0.15, 0.2) is 6.10 Å². The predicted octanol–water partition coefficient (Wildman–Crippen LogP) is 2.13. The van der Waals surface area contributed by atoms with E-state index in [0.29, 0.717) is 16.6 Å². The van der Waals surface area contributed by atoms with Crippen molar-refractivity contribution in [3.8, 4) is 5.75 Å². The van der Waals surface area contributed by atoms with Gasteiger partial charge in [-0.2, -0.15) is 0 Å². The van der Waals surface area contributed by atoms with E-state index in [1.807, 2.05) is 12.3 Å². The Balaban J connectivity index is 2.78. The smallest absolute Gasteiger partial charge is 0.274 e. The number of benzene rings is 1. The van der Waals surface area contributed by atoms with E-state index in [0.717, 1.165) is 6.42 Å². The molecule has 1 aromatic carbocycles. The van der Waals surface area contributed by atoms with E-state index >= 15 is 0 Å². The van der Waals surface area contributed by atoms with Crippen molar-refractivity contribution in [1.29, 1.82) is 0 Å². The topological polar surface area (TPSA) is 64.3 Å². The highest BCUT2D eigenvalue weighted by Crippen LogP contribution is 2.23. The molecule has 6 heteroatoms. The van der Waals surface area contributed by atoms with Crippen LogP contribution in [0.5, 0.6) is 5.75 Å². The lowest BCUT2D eigenvalue weighted by atomic mass is 10.2. The van der Waals surface area contributed by atoms with Crippen LogP contribution in [0.3, 0.4) is 0 Å². The standard InChI is InChI=1S/C11H14BrFN2O2/c1-2-3-10(11(16)15-14)17-7-4-5-9(13)8(12)6-7/h4-6,10H,2-3,14H2,1H3,(H,15,16). The van der Waals surface area contributed by atoms with Crippen LogP contribution in [-0.4, -0.2) is 12.0 Å². The molecule has 0 bridgehead atoms. The van der Waals surface area contributed by atoms with Gasteiger partial charge in [0.25, 0.3) is 5.91 Å². The van der Waals surface area contributed by atoms with Crippen molar-refractivity contribution in [2.75, 3.05) is 0 Å². The SMILES string of the molecule is CCCC(Oc1ccc(F)c(Br)c1)C(=O)NN. The van der Waals surface area contributed by atoms with Crippen molar-refractivity contribution in [3.05, 3.63) is 28.5 Å². The van der Waals surface area contributed by atoms with Gasteiger partial charge in [0, 0.05) is 0 Å². The fraction of sp³-hybridized carbons (Fsp3) is 0.364. The summed E-state index contributed by atoms with van der Waals surface area (Å²) in [6.07, 6.45) is 0.653. The van der Waals surface area contributed by atoms with Crippen LogP contribution in [0.4, 0.5) is 4.39 Å². The van der Waals surface area contributed by atoms with Crippen molar-refractivity contribution >= 4 is 21.8 Å². The molecule has 94 valence electrons. The highest BCUT2D eigenvalue weighted by atomic mass is 79.9. The van der Waals surface area contributed by atoms with Gasteiger partial charge in [-0.25, -0.2) is 10.2 Å². The highest BCUT2D eigenvalue weighted by Gasteiger charge is 2.18. The van der Waals surface area contributed by atoms with E-state index in [1.165, 1.54) is 18.2 Å². The first kappa shape index (κ1) is 13.9. The fourth-order valence-corrected chi connectivity index (χ4v) is 1.67. The molecule has 1 aromatic rings. The van der Waals surface area contributed by atoms with Crippen LogP contribution >= 0.6 is 15.9 Å². The number of hydrogen-bond acceptors (Lipinski definition) is 3. The lowest BCUT2D eigenvalue weighted by molar-refractivity contribution is -0.128. The summed E-state index contributed by atoms with van der Waals surface area (Å²) >= 11 is 3.05. The minimum Gasteiger partial charge on any atom is -0.481 e. The first-order valence-electron chi connectivity index (χ1n) is 5.20. The Morgan fingerprint density at radius 1 is 1.65 bits per heavy atom. The minimum atomic E-state index is -0.664. The van der Waals surface area contributed by atoms with Gasteiger partial charge in [-0.15, -0.1) is 0 Å². The van der Waals surface area contributed by atoms with E-state index < -0.39 is 12.0 Å². The molecule has 0 saturated heterocycles. The summed E-state index contributed by atoms with van der Waals surface area (Å²) in [6.45, 7) is 1.93. The molecule has 1 rings (SSSR count). The molecule has 0 saturated carbocycles. The molecular weight excluding hydrogens is 291 g/mol. The van der Waals surface area contributed by atoms with Gasteiger partial charge >= 0.3 is 0 Å². The largest absolute Gasteiger partial charge is 0.481 e. The predicted molar refractivity (Wildman–Crippen MR) is 65.8 cm³/mol. The molecule has 0 aliphatic heterocycles. The Bertz CT molecular complexity index is 401. The Morgan fingerprint density at radius 2 is 2.35 bits per heavy atom. The molecule has 0 spiro atoms. The lowest BCUT2D eigenvalue weighted by Crippen LogP contribution is -2.42. The number of carbonyl (C=O) groups excluding carboxylic acids is 1. The van der Waals surface area contributed by atoms with Gasteiger partial charge in [-0.3, -0.25) is 10.2 Å². The van der Waals surface area contributed by atoms with Crippen molar-refractivity contribution in [1.82, 2.24) is 5.43 Å². The molecule has 17 heavy (non-hydrogen) atoms. The fourth-order valence-electron chi connectivity index (χ4n) is 1.31. The third-order valence-electron chi connectivity index (χ3n) is 2.15. The van der Waals surface area contributed by atoms with Crippen LogP contribution in [0.15, 0.2) is 22.7 Å². The van der Waals surface area contributed by atoms with Crippen LogP contribution < -0.4 is 16.0 Å². The summed E-state index contributed by atoms with van der Waals surface area (Å²) in [6, 6.07) is 4.21. The average Bonchev–Trinajstić information content (AvgIpc) is 2.32. The lowest BCUT2D eigenvalue weighted by Gasteiger charge is -2.17. The maximum absolute atomic E-state index is 13.0. The van der Waals surface area contributed by atoms with Gasteiger partial charge in [-0.1, -0.05) is 13.3 Å². The number of carbonyl (C=O) groups is 1. The van der Waals surface area contributed by atoms with Crippen LogP contribution in [0.25, 0.3) is 0 Å². The minimum absolute atomic E-state index is 0.290. The number of ether oxygens (including phenoxy) is 1. The second-order valence-corrected chi connectivity index (χ2v) is 4.33. The maximum Gasteiger partial charge on any atom is 0.274 e. The molecule has 1 atom stereocenters. The number of nitrogens with two attached hydrogens (primary N) is 1. The summed E-state index contributed by atoms with van der Waals surface area (Å²) < 4.78 is 18.8. The Hall–Kier alpha value is -1.14. The van der Waals surface area contributed by atoms with Crippen molar-refractivity contribution in [2.24, 2.45) is 5.84 Å². The zero-order valence-corrected chi connectivity index (χ0v) is 11.0. The van der Waals surface area contributed by atoms with Crippen LogP contribution in [0.1, 0.15) is 19.8 Å². The Morgan fingerprint density at radius 3 is 2.88 bits per heavy atom. The molecule has 0 radical (unpaired) electrons. The molecule has 1 unspecified atom stereocenters. The monoisotopic (exact) mass is 304 g/mol. The molecular formula is C11H14BrFN2O2. The van der Waals surface area contributed by atoms with Gasteiger partial charge in [0.05, 0.1) is 4.47 Å². The van der Waals surface area contributed by atoms with Crippen LogP contribution in [0.2, 0.25) is 0 Å².